The summed E-state index contributed by atoms with van der Waals surface area (Å²) in [5, 5.41) is 17.1. The molecule has 0 spiro atoms. The second kappa shape index (κ2) is 12.8. The molecule has 0 amide bonds. The average molecular weight is 465 g/mol. The maximum absolute atomic E-state index is 9.43. The van der Waals surface area contributed by atoms with E-state index in [0.717, 1.165) is 28.2 Å². The van der Waals surface area contributed by atoms with Gasteiger partial charge in [0.2, 0.25) is 5.52 Å². The standard InChI is InChI=1S/C18H16N2S.C7H8O3S/c1-20-16-11-5-6-12-17(16)21-18(20)13-7-8-14-19-15-9-3-2-4-10-15;1-6-2-4-7(5-3-6)11-10-9-8/h2-14H,1H3;2-5,8H,1H3. The minimum Gasteiger partial charge on any atom is -0.691 e. The molecule has 0 aliphatic carbocycles. The van der Waals surface area contributed by atoms with Crippen molar-refractivity contribution >= 4 is 45.4 Å². The normalized spacial score (nSPS) is 11.1. The maximum atomic E-state index is 9.43. The number of rotatable bonds is 7. The molecule has 1 aromatic heterocycles. The van der Waals surface area contributed by atoms with E-state index in [1.165, 1.54) is 15.2 Å². The first-order valence-corrected chi connectivity index (χ1v) is 11.5. The molecule has 4 rings (SSSR count). The summed E-state index contributed by atoms with van der Waals surface area (Å²) in [5.41, 5.74) is 3.53. The van der Waals surface area contributed by atoms with Gasteiger partial charge in [-0.1, -0.05) is 65.4 Å². The number of aromatic nitrogens is 1. The fraction of sp³-hybridized carbons (Fsp3) is 0.0800. The second-order valence-corrected chi connectivity index (χ2v) is 8.56. The molecular weight excluding hydrogens is 440 g/mol. The average Bonchev–Trinajstić information content (AvgIpc) is 3.15. The van der Waals surface area contributed by atoms with Gasteiger partial charge in [0.15, 0.2) is 0 Å². The molecule has 4 aromatic rings. The lowest BCUT2D eigenvalue weighted by atomic mass is 10.2. The van der Waals surface area contributed by atoms with E-state index in [2.05, 4.69) is 62.7 Å². The molecule has 0 unspecified atom stereocenters. The van der Waals surface area contributed by atoms with Crippen LogP contribution >= 0.6 is 23.4 Å². The van der Waals surface area contributed by atoms with Crippen LogP contribution in [0.5, 0.6) is 0 Å². The first kappa shape index (κ1) is 23.7. The van der Waals surface area contributed by atoms with Crippen molar-refractivity contribution in [2.45, 2.75) is 11.8 Å². The van der Waals surface area contributed by atoms with E-state index >= 15 is 0 Å². The summed E-state index contributed by atoms with van der Waals surface area (Å²) in [6, 6.07) is 26.1. The Hall–Kier alpha value is -2.94. The molecule has 3 aromatic carbocycles. The van der Waals surface area contributed by atoms with Gasteiger partial charge in [0.1, 0.15) is 11.7 Å². The van der Waals surface area contributed by atoms with E-state index in [1.807, 2.05) is 73.8 Å². The fourth-order valence-electron chi connectivity index (χ4n) is 2.79. The Balaban J connectivity index is 0.000000222. The lowest BCUT2D eigenvalue weighted by molar-refractivity contribution is -0.777. The summed E-state index contributed by atoms with van der Waals surface area (Å²) >= 11 is 2.69. The Morgan fingerprint density at radius 2 is 1.66 bits per heavy atom. The quantitative estimate of drug-likeness (QED) is 0.127. The summed E-state index contributed by atoms with van der Waals surface area (Å²) in [7, 11) is 2.10. The molecular formula is C25H24N2O3S2. The first-order chi connectivity index (χ1) is 15.7. The number of nitrogens with zero attached hydrogens (tertiary/aromatic N) is 1. The molecule has 0 radical (unpaired) electrons. The molecule has 164 valence electrons. The van der Waals surface area contributed by atoms with Gasteiger partial charge in [0, 0.05) is 28.9 Å². The Morgan fingerprint density at radius 1 is 0.938 bits per heavy atom. The van der Waals surface area contributed by atoms with Gasteiger partial charge in [0.05, 0.1) is 12.0 Å². The maximum Gasteiger partial charge on any atom is 0.262 e. The highest BCUT2D eigenvalue weighted by Crippen LogP contribution is 2.20. The van der Waals surface area contributed by atoms with Gasteiger partial charge in [-0.2, -0.15) is 8.90 Å². The number of aryl methyl sites for hydroxylation is 2. The highest BCUT2D eigenvalue weighted by molar-refractivity contribution is 7.94. The van der Waals surface area contributed by atoms with Crippen molar-refractivity contribution in [2.24, 2.45) is 7.05 Å². The Bertz CT molecular complexity index is 1160. The predicted octanol–water partition coefficient (Wildman–Crippen LogP) is 5.59. The first-order valence-electron chi connectivity index (χ1n) is 9.89. The van der Waals surface area contributed by atoms with Crippen LogP contribution in [0.2, 0.25) is 0 Å². The van der Waals surface area contributed by atoms with E-state index in [4.69, 9.17) is 0 Å². The van der Waals surface area contributed by atoms with Crippen LogP contribution in [0.25, 0.3) is 16.3 Å². The topological polar surface area (TPSA) is 57.4 Å². The monoisotopic (exact) mass is 464 g/mol. The van der Waals surface area contributed by atoms with Crippen LogP contribution in [-0.4, -0.2) is 0 Å². The molecule has 1 N–H and O–H groups in total. The molecule has 0 fully saturated rings. The van der Waals surface area contributed by atoms with Crippen molar-refractivity contribution in [1.82, 2.24) is 0 Å². The van der Waals surface area contributed by atoms with Crippen molar-refractivity contribution in [3.63, 3.8) is 0 Å². The number of nitrogens with one attached hydrogen (secondary N) is 1. The molecule has 0 saturated carbocycles. The number of allylic oxidation sites excluding steroid dienone is 2. The number of anilines is 1. The lowest BCUT2D eigenvalue weighted by Gasteiger charge is -2.03. The number of benzene rings is 3. The summed E-state index contributed by atoms with van der Waals surface area (Å²) in [5.74, 6) is 0. The van der Waals surface area contributed by atoms with Gasteiger partial charge in [-0.05, 0) is 43.3 Å². The third-order valence-corrected chi connectivity index (χ3v) is 6.19. The van der Waals surface area contributed by atoms with E-state index in [-0.39, 0.29) is 0 Å². The van der Waals surface area contributed by atoms with Gasteiger partial charge in [-0.25, -0.2) is 0 Å². The van der Waals surface area contributed by atoms with Gasteiger partial charge in [-0.15, -0.1) is 0 Å². The molecule has 0 aliphatic heterocycles. The largest absolute Gasteiger partial charge is 0.691 e. The molecule has 7 heteroatoms. The molecule has 32 heavy (non-hydrogen) atoms. The van der Waals surface area contributed by atoms with E-state index in [9.17, 15) is 5.26 Å². The number of hydrogen-bond acceptors (Lipinski definition) is 6. The Kier molecular flexibility index (Phi) is 9.49. The lowest BCUT2D eigenvalue weighted by Crippen LogP contribution is -2.28. The van der Waals surface area contributed by atoms with Crippen LogP contribution in [-0.2, 0) is 16.4 Å². The summed E-state index contributed by atoms with van der Waals surface area (Å²) < 4.78 is 7.65. The van der Waals surface area contributed by atoms with Crippen LogP contribution in [0.4, 0.5) is 5.69 Å². The molecule has 0 bridgehead atoms. The minimum absolute atomic E-state index is 0.839. The van der Waals surface area contributed by atoms with Crippen LogP contribution in [0.3, 0.4) is 0 Å². The number of para-hydroxylation sites is 2. The zero-order chi connectivity index (χ0) is 22.6. The van der Waals surface area contributed by atoms with E-state index in [0.29, 0.717) is 0 Å². The minimum atomic E-state index is 0.839. The highest BCUT2D eigenvalue weighted by atomic mass is 32.2. The predicted molar refractivity (Wildman–Crippen MR) is 130 cm³/mol. The SMILES string of the molecule is C[n+]1c(C=CC=CNc2ccccc2)sc2ccccc21.Cc1ccc(SOO[O-])cc1. The second-order valence-electron chi connectivity index (χ2n) is 6.73. The molecule has 0 atom stereocenters. The third-order valence-electron chi connectivity index (χ3n) is 4.42. The molecule has 5 nitrogen and oxygen atoms in total. The summed E-state index contributed by atoms with van der Waals surface area (Å²) in [6.45, 7) is 1.99. The van der Waals surface area contributed by atoms with Crippen molar-refractivity contribution < 1.29 is 19.2 Å². The highest BCUT2D eigenvalue weighted by Gasteiger charge is 2.12. The number of hydrogen-bond donors (Lipinski definition) is 1. The van der Waals surface area contributed by atoms with Crippen LogP contribution in [0.1, 0.15) is 10.6 Å². The third kappa shape index (κ3) is 7.33. The van der Waals surface area contributed by atoms with Gasteiger partial charge in [0.25, 0.3) is 5.01 Å². The molecule has 0 saturated heterocycles. The zero-order valence-electron chi connectivity index (χ0n) is 17.8. The van der Waals surface area contributed by atoms with Crippen LogP contribution in [0, 0.1) is 6.92 Å². The van der Waals surface area contributed by atoms with E-state index in [1.54, 1.807) is 11.3 Å². The number of thiazole rings is 1. The van der Waals surface area contributed by atoms with E-state index < -0.39 is 0 Å². The molecule has 0 aliphatic rings. The van der Waals surface area contributed by atoms with Crippen molar-refractivity contribution in [1.29, 1.82) is 0 Å². The van der Waals surface area contributed by atoms with Crippen molar-refractivity contribution in [2.75, 3.05) is 5.32 Å². The van der Waals surface area contributed by atoms with Gasteiger partial charge in [-0.3, -0.25) is 5.04 Å². The Labute approximate surface area is 196 Å². The number of fused-ring (bicyclic) bond motifs is 1. The Morgan fingerprint density at radius 3 is 2.38 bits per heavy atom. The van der Waals surface area contributed by atoms with Crippen molar-refractivity contribution in [3.8, 4) is 0 Å². The summed E-state index contributed by atoms with van der Waals surface area (Å²) in [4.78, 5) is 0.839. The van der Waals surface area contributed by atoms with Crippen molar-refractivity contribution in [3.05, 3.63) is 108 Å². The fourth-order valence-corrected chi connectivity index (χ4v) is 4.20. The smallest absolute Gasteiger partial charge is 0.262 e. The van der Waals surface area contributed by atoms with Gasteiger partial charge >= 0.3 is 0 Å². The summed E-state index contributed by atoms with van der Waals surface area (Å²) in [6.07, 6.45) is 8.14. The zero-order valence-corrected chi connectivity index (χ0v) is 19.4. The van der Waals surface area contributed by atoms with Crippen LogP contribution in [0.15, 0.2) is 102 Å². The van der Waals surface area contributed by atoms with Crippen LogP contribution < -0.4 is 15.1 Å². The van der Waals surface area contributed by atoms with Gasteiger partial charge < -0.3 is 10.6 Å². The molecule has 1 heterocycles.